The van der Waals surface area contributed by atoms with Gasteiger partial charge in [-0.3, -0.25) is 0 Å². The fourth-order valence-electron chi connectivity index (χ4n) is 0.913. The Hall–Kier alpha value is -1.27. The summed E-state index contributed by atoms with van der Waals surface area (Å²) >= 11 is 5.55. The number of anilines is 1. The minimum absolute atomic E-state index is 0.215. The highest BCUT2D eigenvalue weighted by Gasteiger charge is 2.02. The summed E-state index contributed by atoms with van der Waals surface area (Å²) in [7, 11) is 0. The number of halogens is 2. The maximum atomic E-state index is 13.1. The summed E-state index contributed by atoms with van der Waals surface area (Å²) in [4.78, 5) is 3.81. The van der Waals surface area contributed by atoms with Crippen molar-refractivity contribution in [3.05, 3.63) is 23.1 Å². The fourth-order valence-corrected chi connectivity index (χ4v) is 1.06. The topological polar surface area (TPSA) is 24.9 Å². The Balaban J connectivity index is 2.53. The molecule has 1 aromatic heterocycles. The van der Waals surface area contributed by atoms with Crippen molar-refractivity contribution in [1.82, 2.24) is 4.98 Å². The first kappa shape index (κ1) is 10.8. The maximum Gasteiger partial charge on any atom is 0.166 e. The molecule has 0 atom stereocenters. The Bertz CT molecular complexity index is 368. The van der Waals surface area contributed by atoms with E-state index in [1.165, 1.54) is 12.3 Å². The largest absolute Gasteiger partial charge is 0.367 e. The molecule has 2 nitrogen and oxygen atoms in total. The quantitative estimate of drug-likeness (QED) is 0.616. The van der Waals surface area contributed by atoms with Gasteiger partial charge in [-0.2, -0.15) is 0 Å². The molecular weight excluding hydrogens is 203 g/mol. The van der Waals surface area contributed by atoms with Crippen molar-refractivity contribution in [2.45, 2.75) is 13.3 Å². The molecule has 0 unspecified atom stereocenters. The highest BCUT2D eigenvalue weighted by atomic mass is 35.5. The molecule has 0 radical (unpaired) electrons. The van der Waals surface area contributed by atoms with Gasteiger partial charge in [0, 0.05) is 19.2 Å². The van der Waals surface area contributed by atoms with Gasteiger partial charge in [-0.05, 0) is 13.0 Å². The third-order valence-corrected chi connectivity index (χ3v) is 1.73. The van der Waals surface area contributed by atoms with E-state index in [1.807, 2.05) is 0 Å². The normalized spacial score (nSPS) is 9.07. The highest BCUT2D eigenvalue weighted by Crippen LogP contribution is 2.14. The summed E-state index contributed by atoms with van der Waals surface area (Å²) in [5.41, 5.74) is 0. The molecule has 4 heteroatoms. The minimum Gasteiger partial charge on any atom is -0.367 e. The van der Waals surface area contributed by atoms with Crippen LogP contribution >= 0.6 is 11.6 Å². The third-order valence-electron chi connectivity index (χ3n) is 1.53. The molecule has 14 heavy (non-hydrogen) atoms. The van der Waals surface area contributed by atoms with Crippen LogP contribution in [0.1, 0.15) is 13.3 Å². The molecule has 0 fully saturated rings. The van der Waals surface area contributed by atoms with Crippen LogP contribution in [0.25, 0.3) is 0 Å². The second kappa shape index (κ2) is 5.46. The molecule has 0 amide bonds. The van der Waals surface area contributed by atoms with Gasteiger partial charge >= 0.3 is 0 Å². The smallest absolute Gasteiger partial charge is 0.166 e. The molecule has 0 bridgehead atoms. The Morgan fingerprint density at radius 3 is 3.07 bits per heavy atom. The van der Waals surface area contributed by atoms with E-state index in [4.69, 9.17) is 11.6 Å². The molecule has 0 saturated carbocycles. The lowest BCUT2D eigenvalue weighted by atomic mass is 10.4. The van der Waals surface area contributed by atoms with Gasteiger partial charge in [-0.1, -0.05) is 11.6 Å². The number of nitrogens with one attached hydrogen (secondary N) is 1. The van der Waals surface area contributed by atoms with Crippen molar-refractivity contribution in [2.24, 2.45) is 0 Å². The SMILES string of the molecule is CC#CCCNc1ncc(Cl)cc1F. The number of pyridine rings is 1. The van der Waals surface area contributed by atoms with Crippen LogP contribution in [-0.4, -0.2) is 11.5 Å². The van der Waals surface area contributed by atoms with Crippen LogP contribution in [-0.2, 0) is 0 Å². The van der Waals surface area contributed by atoms with Crippen molar-refractivity contribution in [3.63, 3.8) is 0 Å². The molecule has 0 aliphatic carbocycles. The van der Waals surface area contributed by atoms with Crippen LogP contribution in [0.5, 0.6) is 0 Å². The zero-order valence-corrected chi connectivity index (χ0v) is 8.53. The Morgan fingerprint density at radius 1 is 1.64 bits per heavy atom. The molecule has 1 aromatic rings. The second-order valence-corrected chi connectivity index (χ2v) is 3.02. The first-order chi connectivity index (χ1) is 6.74. The van der Waals surface area contributed by atoms with Gasteiger partial charge in [-0.25, -0.2) is 9.37 Å². The van der Waals surface area contributed by atoms with Crippen molar-refractivity contribution in [1.29, 1.82) is 0 Å². The van der Waals surface area contributed by atoms with Gasteiger partial charge in [0.15, 0.2) is 11.6 Å². The zero-order valence-electron chi connectivity index (χ0n) is 7.77. The van der Waals surface area contributed by atoms with E-state index in [9.17, 15) is 4.39 Å². The van der Waals surface area contributed by atoms with E-state index in [0.29, 0.717) is 18.0 Å². The first-order valence-electron chi connectivity index (χ1n) is 4.18. The summed E-state index contributed by atoms with van der Waals surface area (Å²) in [6, 6.07) is 1.22. The van der Waals surface area contributed by atoms with Crippen molar-refractivity contribution >= 4 is 17.4 Å². The number of hydrogen-bond acceptors (Lipinski definition) is 2. The number of nitrogens with zero attached hydrogens (tertiary/aromatic N) is 1. The van der Waals surface area contributed by atoms with E-state index in [1.54, 1.807) is 6.92 Å². The zero-order chi connectivity index (χ0) is 10.4. The minimum atomic E-state index is -0.443. The number of aromatic nitrogens is 1. The molecule has 1 N–H and O–H groups in total. The van der Waals surface area contributed by atoms with Crippen LogP contribution in [0.4, 0.5) is 10.2 Å². The monoisotopic (exact) mass is 212 g/mol. The Morgan fingerprint density at radius 2 is 2.43 bits per heavy atom. The van der Waals surface area contributed by atoms with Crippen LogP contribution in [0, 0.1) is 17.7 Å². The average Bonchev–Trinajstić information content (AvgIpc) is 2.15. The molecule has 0 aromatic carbocycles. The van der Waals surface area contributed by atoms with Crippen molar-refractivity contribution < 1.29 is 4.39 Å². The third kappa shape index (κ3) is 3.23. The lowest BCUT2D eigenvalue weighted by Gasteiger charge is -2.03. The molecule has 0 aliphatic rings. The van der Waals surface area contributed by atoms with E-state index >= 15 is 0 Å². The van der Waals surface area contributed by atoms with Crippen molar-refractivity contribution in [2.75, 3.05) is 11.9 Å². The average molecular weight is 213 g/mol. The predicted molar refractivity (Wildman–Crippen MR) is 55.8 cm³/mol. The summed E-state index contributed by atoms with van der Waals surface area (Å²) in [6.07, 6.45) is 2.07. The number of rotatable bonds is 3. The van der Waals surface area contributed by atoms with Gasteiger partial charge in [0.25, 0.3) is 0 Å². The van der Waals surface area contributed by atoms with Crippen LogP contribution in [0.2, 0.25) is 5.02 Å². The molecule has 1 heterocycles. The molecule has 74 valence electrons. The lowest BCUT2D eigenvalue weighted by Crippen LogP contribution is -2.04. The lowest BCUT2D eigenvalue weighted by molar-refractivity contribution is 0.624. The van der Waals surface area contributed by atoms with E-state index < -0.39 is 5.82 Å². The fraction of sp³-hybridized carbons (Fsp3) is 0.300. The van der Waals surface area contributed by atoms with E-state index in [2.05, 4.69) is 22.1 Å². The summed E-state index contributed by atoms with van der Waals surface area (Å²) in [5.74, 6) is 5.39. The Labute approximate surface area is 87.5 Å². The Kier molecular flexibility index (Phi) is 4.21. The summed E-state index contributed by atoms with van der Waals surface area (Å²) in [5, 5.41) is 3.12. The predicted octanol–water partition coefficient (Wildman–Crippen LogP) is 2.70. The second-order valence-electron chi connectivity index (χ2n) is 2.59. The maximum absolute atomic E-state index is 13.1. The summed E-state index contributed by atoms with van der Waals surface area (Å²) in [6.45, 7) is 2.34. The summed E-state index contributed by atoms with van der Waals surface area (Å²) < 4.78 is 13.1. The standard InChI is InChI=1S/C10H10ClFN2/c1-2-3-4-5-13-10-9(12)6-8(11)7-14-10/h6-7H,4-5H2,1H3,(H,13,14). The number of hydrogen-bond donors (Lipinski definition) is 1. The van der Waals surface area contributed by atoms with Gasteiger partial charge < -0.3 is 5.32 Å². The van der Waals surface area contributed by atoms with Crippen LogP contribution in [0.15, 0.2) is 12.3 Å². The van der Waals surface area contributed by atoms with Gasteiger partial charge in [0.05, 0.1) is 5.02 Å². The van der Waals surface area contributed by atoms with E-state index in [-0.39, 0.29) is 5.82 Å². The molecule has 0 saturated heterocycles. The van der Waals surface area contributed by atoms with Crippen LogP contribution in [0.3, 0.4) is 0 Å². The van der Waals surface area contributed by atoms with Crippen molar-refractivity contribution in [3.8, 4) is 11.8 Å². The first-order valence-corrected chi connectivity index (χ1v) is 4.56. The molecule has 1 rings (SSSR count). The van der Waals surface area contributed by atoms with Gasteiger partial charge in [0.2, 0.25) is 0 Å². The van der Waals surface area contributed by atoms with Gasteiger partial charge in [-0.15, -0.1) is 11.8 Å². The molecule has 0 spiro atoms. The highest BCUT2D eigenvalue weighted by molar-refractivity contribution is 6.30. The molecule has 0 aliphatic heterocycles. The van der Waals surface area contributed by atoms with E-state index in [0.717, 1.165) is 0 Å². The molecular formula is C10H10ClFN2. The van der Waals surface area contributed by atoms with Gasteiger partial charge in [0.1, 0.15) is 0 Å². The van der Waals surface area contributed by atoms with Crippen LogP contribution < -0.4 is 5.32 Å².